The highest BCUT2D eigenvalue weighted by molar-refractivity contribution is 5.88. The molecule has 0 saturated carbocycles. The lowest BCUT2D eigenvalue weighted by Gasteiger charge is -2.18. The molecule has 0 aliphatic rings. The standard InChI is InChI=1S/C9H10O2.C6H8O7/c1-7(9(10)11)8-5-3-2-4-6-8;7-3(8)1-6(13,5(11)12)2-4(9)10/h2-7H,1H3,(H,10,11);13H,1-2H2,(H,7,8)(H,9,10)(H,11,12). The third kappa shape index (κ3) is 7.36. The Hall–Kier alpha value is -2.94. The van der Waals surface area contributed by atoms with Crippen LogP contribution >= 0.6 is 0 Å². The molecule has 9 nitrogen and oxygen atoms in total. The van der Waals surface area contributed by atoms with Crippen molar-refractivity contribution in [2.45, 2.75) is 31.3 Å². The van der Waals surface area contributed by atoms with Gasteiger partial charge in [-0.3, -0.25) is 14.4 Å². The molecule has 1 rings (SSSR count). The van der Waals surface area contributed by atoms with E-state index >= 15 is 0 Å². The van der Waals surface area contributed by atoms with Gasteiger partial charge in [-0.2, -0.15) is 0 Å². The third-order valence-corrected chi connectivity index (χ3v) is 2.96. The molecule has 0 aliphatic carbocycles. The highest BCUT2D eigenvalue weighted by Gasteiger charge is 2.40. The molecule has 0 radical (unpaired) electrons. The Bertz CT molecular complexity index is 578. The fourth-order valence-electron chi connectivity index (χ4n) is 1.60. The van der Waals surface area contributed by atoms with E-state index in [4.69, 9.17) is 25.5 Å². The van der Waals surface area contributed by atoms with E-state index in [1.807, 2.05) is 30.3 Å². The van der Waals surface area contributed by atoms with Gasteiger partial charge in [0.1, 0.15) is 0 Å². The minimum atomic E-state index is -2.74. The van der Waals surface area contributed by atoms with Crippen LogP contribution in [0.25, 0.3) is 0 Å². The maximum absolute atomic E-state index is 10.5. The third-order valence-electron chi connectivity index (χ3n) is 2.96. The Kier molecular flexibility index (Phi) is 8.12. The molecule has 132 valence electrons. The average Bonchev–Trinajstić information content (AvgIpc) is 2.46. The van der Waals surface area contributed by atoms with Gasteiger partial charge in [0.15, 0.2) is 5.60 Å². The summed E-state index contributed by atoms with van der Waals surface area (Å²) in [4.78, 5) is 41.0. The Balaban J connectivity index is 0.000000446. The van der Waals surface area contributed by atoms with Crippen molar-refractivity contribution in [2.75, 3.05) is 0 Å². The van der Waals surface area contributed by atoms with Gasteiger partial charge < -0.3 is 25.5 Å². The Morgan fingerprint density at radius 1 is 0.917 bits per heavy atom. The maximum atomic E-state index is 10.5. The lowest BCUT2D eigenvalue weighted by molar-refractivity contribution is -0.170. The fourth-order valence-corrected chi connectivity index (χ4v) is 1.60. The van der Waals surface area contributed by atoms with Crippen LogP contribution in [0.2, 0.25) is 0 Å². The summed E-state index contributed by atoms with van der Waals surface area (Å²) in [5.74, 6) is -6.21. The van der Waals surface area contributed by atoms with Gasteiger partial charge in [0.05, 0.1) is 18.8 Å². The molecular formula is C15H18O9. The zero-order valence-corrected chi connectivity index (χ0v) is 12.7. The van der Waals surface area contributed by atoms with Gasteiger partial charge >= 0.3 is 23.9 Å². The number of benzene rings is 1. The molecule has 0 spiro atoms. The monoisotopic (exact) mass is 342 g/mol. The Labute approximate surface area is 136 Å². The predicted octanol–water partition coefficient (Wildman–Crippen LogP) is 0.626. The lowest BCUT2D eigenvalue weighted by Crippen LogP contribution is -2.42. The minimum Gasteiger partial charge on any atom is -0.481 e. The van der Waals surface area contributed by atoms with Crippen LogP contribution in [-0.4, -0.2) is 55.0 Å². The normalized spacial score (nSPS) is 11.6. The van der Waals surface area contributed by atoms with Crippen LogP contribution in [0.1, 0.15) is 31.2 Å². The largest absolute Gasteiger partial charge is 0.481 e. The van der Waals surface area contributed by atoms with Crippen molar-refractivity contribution in [1.29, 1.82) is 0 Å². The van der Waals surface area contributed by atoms with Crippen molar-refractivity contribution in [3.8, 4) is 0 Å². The van der Waals surface area contributed by atoms with E-state index in [1.54, 1.807) is 6.92 Å². The second-order valence-electron chi connectivity index (χ2n) is 4.95. The SMILES string of the molecule is CC(C(=O)O)c1ccccc1.O=C(O)CC(O)(CC(=O)O)C(=O)O. The summed E-state index contributed by atoms with van der Waals surface area (Å²) in [6, 6.07) is 9.19. The van der Waals surface area contributed by atoms with Gasteiger partial charge in [-0.25, -0.2) is 4.79 Å². The molecule has 1 aromatic carbocycles. The van der Waals surface area contributed by atoms with Crippen molar-refractivity contribution in [3.63, 3.8) is 0 Å². The second kappa shape index (κ2) is 9.26. The Morgan fingerprint density at radius 2 is 1.33 bits per heavy atom. The first-order chi connectivity index (χ1) is 11.0. The van der Waals surface area contributed by atoms with Crippen LogP contribution in [0.15, 0.2) is 30.3 Å². The van der Waals surface area contributed by atoms with Gasteiger partial charge in [0.25, 0.3) is 0 Å². The van der Waals surface area contributed by atoms with Crippen molar-refractivity contribution in [2.24, 2.45) is 0 Å². The summed E-state index contributed by atoms with van der Waals surface area (Å²) < 4.78 is 0. The molecule has 0 bridgehead atoms. The van der Waals surface area contributed by atoms with Crippen LogP contribution in [0, 0.1) is 0 Å². The molecule has 1 unspecified atom stereocenters. The van der Waals surface area contributed by atoms with Crippen LogP contribution < -0.4 is 0 Å². The summed E-state index contributed by atoms with van der Waals surface area (Å²) in [6.07, 6.45) is -2.29. The molecule has 0 fully saturated rings. The van der Waals surface area contributed by atoms with Gasteiger partial charge in [0, 0.05) is 0 Å². The number of carbonyl (C=O) groups is 4. The minimum absolute atomic E-state index is 0.406. The number of carboxylic acid groups (broad SMARTS) is 4. The molecule has 1 atom stereocenters. The van der Waals surface area contributed by atoms with E-state index in [2.05, 4.69) is 0 Å². The molecule has 1 aromatic rings. The molecule has 24 heavy (non-hydrogen) atoms. The lowest BCUT2D eigenvalue weighted by atomic mass is 9.96. The van der Waals surface area contributed by atoms with Crippen LogP contribution in [0.5, 0.6) is 0 Å². The molecule has 0 aromatic heterocycles. The van der Waals surface area contributed by atoms with E-state index in [0.717, 1.165) is 5.56 Å². The van der Waals surface area contributed by atoms with Crippen LogP contribution in [0.4, 0.5) is 0 Å². The number of carboxylic acids is 4. The van der Waals surface area contributed by atoms with Gasteiger partial charge in [0.2, 0.25) is 0 Å². The van der Waals surface area contributed by atoms with Gasteiger partial charge in [-0.15, -0.1) is 0 Å². The first-order valence-corrected chi connectivity index (χ1v) is 6.66. The average molecular weight is 342 g/mol. The number of aliphatic hydroxyl groups is 1. The highest BCUT2D eigenvalue weighted by atomic mass is 16.4. The summed E-state index contributed by atoms with van der Waals surface area (Å²) in [7, 11) is 0. The molecule has 0 saturated heterocycles. The zero-order chi connectivity index (χ0) is 18.9. The van der Waals surface area contributed by atoms with Gasteiger partial charge in [-0.05, 0) is 12.5 Å². The molecular weight excluding hydrogens is 324 g/mol. The Morgan fingerprint density at radius 3 is 1.62 bits per heavy atom. The first kappa shape index (κ1) is 21.1. The summed E-state index contributed by atoms with van der Waals surface area (Å²) >= 11 is 0. The van der Waals surface area contributed by atoms with Crippen molar-refractivity contribution < 1.29 is 44.7 Å². The number of hydrogen-bond donors (Lipinski definition) is 5. The van der Waals surface area contributed by atoms with E-state index < -0.39 is 48.2 Å². The second-order valence-corrected chi connectivity index (χ2v) is 4.95. The molecule has 0 aliphatic heterocycles. The van der Waals surface area contributed by atoms with Crippen LogP contribution in [-0.2, 0) is 19.2 Å². The number of hydrogen-bond acceptors (Lipinski definition) is 5. The zero-order valence-electron chi connectivity index (χ0n) is 12.7. The quantitative estimate of drug-likeness (QED) is 0.476. The number of aliphatic carboxylic acids is 4. The number of rotatable bonds is 7. The van der Waals surface area contributed by atoms with E-state index in [0.29, 0.717) is 0 Å². The van der Waals surface area contributed by atoms with Gasteiger partial charge in [-0.1, -0.05) is 30.3 Å². The van der Waals surface area contributed by atoms with E-state index in [1.165, 1.54) is 0 Å². The summed E-state index contributed by atoms with van der Waals surface area (Å²) in [5.41, 5.74) is -1.89. The smallest absolute Gasteiger partial charge is 0.336 e. The topological polar surface area (TPSA) is 169 Å². The first-order valence-electron chi connectivity index (χ1n) is 6.66. The van der Waals surface area contributed by atoms with E-state index in [-0.39, 0.29) is 0 Å². The molecule has 0 amide bonds. The summed E-state index contributed by atoms with van der Waals surface area (Å²) in [6.45, 7) is 1.68. The summed E-state index contributed by atoms with van der Waals surface area (Å²) in [5, 5.41) is 42.4. The highest BCUT2D eigenvalue weighted by Crippen LogP contribution is 2.15. The molecule has 9 heteroatoms. The predicted molar refractivity (Wildman–Crippen MR) is 79.6 cm³/mol. The van der Waals surface area contributed by atoms with E-state index in [9.17, 15) is 19.2 Å². The van der Waals surface area contributed by atoms with Crippen molar-refractivity contribution in [3.05, 3.63) is 35.9 Å². The maximum Gasteiger partial charge on any atom is 0.336 e. The van der Waals surface area contributed by atoms with Crippen molar-refractivity contribution in [1.82, 2.24) is 0 Å². The van der Waals surface area contributed by atoms with Crippen molar-refractivity contribution >= 4 is 23.9 Å². The van der Waals surface area contributed by atoms with Crippen LogP contribution in [0.3, 0.4) is 0 Å². The molecule has 5 N–H and O–H groups in total. The fraction of sp³-hybridized carbons (Fsp3) is 0.333. The molecule has 0 heterocycles.